The van der Waals surface area contributed by atoms with Crippen LogP contribution in [0, 0.1) is 0 Å². The SMILES string of the molecule is CCOc1ccc(NC(C)c2cc(Cl)sc2Cl)cc1. The molecule has 0 fully saturated rings. The second-order valence-corrected chi connectivity index (χ2v) is 6.39. The molecule has 2 rings (SSSR count). The van der Waals surface area contributed by atoms with Crippen LogP contribution in [0.25, 0.3) is 0 Å². The zero-order valence-electron chi connectivity index (χ0n) is 10.7. The van der Waals surface area contributed by atoms with E-state index in [0.29, 0.717) is 10.9 Å². The minimum atomic E-state index is 0.106. The van der Waals surface area contributed by atoms with Crippen molar-refractivity contribution in [2.75, 3.05) is 11.9 Å². The molecule has 2 nitrogen and oxygen atoms in total. The summed E-state index contributed by atoms with van der Waals surface area (Å²) in [5, 5.41) is 3.39. The minimum absolute atomic E-state index is 0.106. The van der Waals surface area contributed by atoms with Crippen molar-refractivity contribution in [3.05, 3.63) is 44.6 Å². The summed E-state index contributed by atoms with van der Waals surface area (Å²) in [6, 6.07) is 9.88. The van der Waals surface area contributed by atoms with Crippen LogP contribution in [0.2, 0.25) is 8.67 Å². The van der Waals surface area contributed by atoms with Gasteiger partial charge in [-0.3, -0.25) is 0 Å². The Morgan fingerprint density at radius 3 is 2.47 bits per heavy atom. The van der Waals surface area contributed by atoms with Gasteiger partial charge in [-0.1, -0.05) is 23.2 Å². The molecule has 1 aromatic carbocycles. The van der Waals surface area contributed by atoms with Crippen molar-refractivity contribution in [3.63, 3.8) is 0 Å². The second-order valence-electron chi connectivity index (χ2n) is 4.10. The number of nitrogens with one attached hydrogen (secondary N) is 1. The average Bonchev–Trinajstić information content (AvgIpc) is 2.71. The van der Waals surface area contributed by atoms with E-state index in [1.807, 2.05) is 37.3 Å². The van der Waals surface area contributed by atoms with E-state index in [-0.39, 0.29) is 6.04 Å². The average molecular weight is 316 g/mol. The number of rotatable bonds is 5. The predicted octanol–water partition coefficient (Wildman–Crippen LogP) is 5.63. The highest BCUT2D eigenvalue weighted by atomic mass is 35.5. The van der Waals surface area contributed by atoms with Crippen LogP contribution in [0.4, 0.5) is 5.69 Å². The van der Waals surface area contributed by atoms with Crippen LogP contribution in [0.1, 0.15) is 25.5 Å². The highest BCUT2D eigenvalue weighted by Crippen LogP contribution is 2.36. The van der Waals surface area contributed by atoms with Crippen molar-refractivity contribution in [3.8, 4) is 5.75 Å². The Morgan fingerprint density at radius 2 is 1.95 bits per heavy atom. The van der Waals surface area contributed by atoms with Crippen LogP contribution in [-0.2, 0) is 0 Å². The van der Waals surface area contributed by atoms with Gasteiger partial charge in [-0.25, -0.2) is 0 Å². The molecular weight excluding hydrogens is 301 g/mol. The highest BCUT2D eigenvalue weighted by molar-refractivity contribution is 7.20. The van der Waals surface area contributed by atoms with E-state index in [1.165, 1.54) is 11.3 Å². The van der Waals surface area contributed by atoms with Gasteiger partial charge < -0.3 is 10.1 Å². The van der Waals surface area contributed by atoms with E-state index in [9.17, 15) is 0 Å². The van der Waals surface area contributed by atoms with Crippen molar-refractivity contribution < 1.29 is 4.74 Å². The zero-order chi connectivity index (χ0) is 13.8. The number of halogens is 2. The van der Waals surface area contributed by atoms with Gasteiger partial charge in [-0.05, 0) is 44.2 Å². The number of hydrogen-bond acceptors (Lipinski definition) is 3. The van der Waals surface area contributed by atoms with Gasteiger partial charge in [0.05, 0.1) is 21.3 Å². The summed E-state index contributed by atoms with van der Waals surface area (Å²) in [7, 11) is 0. The van der Waals surface area contributed by atoms with Crippen LogP contribution < -0.4 is 10.1 Å². The van der Waals surface area contributed by atoms with E-state index < -0.39 is 0 Å². The lowest BCUT2D eigenvalue weighted by molar-refractivity contribution is 0.340. The summed E-state index contributed by atoms with van der Waals surface area (Å²) in [5.41, 5.74) is 2.04. The molecule has 5 heteroatoms. The molecule has 1 heterocycles. The standard InChI is InChI=1S/C14H15Cl2NOS/c1-3-18-11-6-4-10(5-7-11)17-9(2)12-8-13(15)19-14(12)16/h4-9,17H,3H2,1-2H3. The maximum absolute atomic E-state index is 6.15. The lowest BCUT2D eigenvalue weighted by Gasteiger charge is -2.15. The Hall–Kier alpha value is -0.900. The molecule has 0 radical (unpaired) electrons. The molecule has 0 aliphatic carbocycles. The summed E-state index contributed by atoms with van der Waals surface area (Å²) in [6.45, 7) is 4.70. The maximum atomic E-state index is 6.15. The van der Waals surface area contributed by atoms with Gasteiger partial charge in [0, 0.05) is 11.3 Å². The van der Waals surface area contributed by atoms with E-state index in [0.717, 1.165) is 21.3 Å². The topological polar surface area (TPSA) is 21.3 Å². The molecule has 1 atom stereocenters. The van der Waals surface area contributed by atoms with Crippen molar-refractivity contribution in [1.29, 1.82) is 0 Å². The van der Waals surface area contributed by atoms with Gasteiger partial charge in [0.15, 0.2) is 0 Å². The molecule has 19 heavy (non-hydrogen) atoms. The Bertz CT molecular complexity index is 539. The van der Waals surface area contributed by atoms with Crippen molar-refractivity contribution in [2.45, 2.75) is 19.9 Å². The third-order valence-corrected chi connectivity index (χ3v) is 4.22. The Balaban J connectivity index is 2.06. The molecule has 1 unspecified atom stereocenters. The number of thiophene rings is 1. The van der Waals surface area contributed by atoms with Crippen molar-refractivity contribution >= 4 is 40.2 Å². The summed E-state index contributed by atoms with van der Waals surface area (Å²) in [5.74, 6) is 0.873. The summed E-state index contributed by atoms with van der Waals surface area (Å²) in [6.07, 6.45) is 0. The molecule has 0 amide bonds. The lowest BCUT2D eigenvalue weighted by atomic mass is 10.1. The first-order valence-corrected chi connectivity index (χ1v) is 7.61. The van der Waals surface area contributed by atoms with Gasteiger partial charge in [0.2, 0.25) is 0 Å². The van der Waals surface area contributed by atoms with Crippen LogP contribution in [-0.4, -0.2) is 6.61 Å². The Morgan fingerprint density at radius 1 is 1.26 bits per heavy atom. The van der Waals surface area contributed by atoms with E-state index in [1.54, 1.807) is 0 Å². The fraction of sp³-hybridized carbons (Fsp3) is 0.286. The van der Waals surface area contributed by atoms with Crippen LogP contribution in [0.5, 0.6) is 5.75 Å². The first-order chi connectivity index (χ1) is 9.10. The first-order valence-electron chi connectivity index (χ1n) is 6.04. The Labute approximate surface area is 127 Å². The molecule has 0 spiro atoms. The quantitative estimate of drug-likeness (QED) is 0.772. The maximum Gasteiger partial charge on any atom is 0.119 e. The number of anilines is 1. The van der Waals surface area contributed by atoms with Gasteiger partial charge >= 0.3 is 0 Å². The fourth-order valence-corrected chi connectivity index (χ4v) is 3.44. The molecule has 0 bridgehead atoms. The second kappa shape index (κ2) is 6.51. The molecule has 0 aliphatic rings. The van der Waals surface area contributed by atoms with Gasteiger partial charge in [-0.2, -0.15) is 0 Å². The zero-order valence-corrected chi connectivity index (χ0v) is 13.1. The number of ether oxygens (including phenoxy) is 1. The lowest BCUT2D eigenvalue weighted by Crippen LogP contribution is -2.05. The van der Waals surface area contributed by atoms with Gasteiger partial charge in [0.25, 0.3) is 0 Å². The number of hydrogen-bond donors (Lipinski definition) is 1. The summed E-state index contributed by atoms with van der Waals surface area (Å²) in [4.78, 5) is 0. The molecule has 1 aromatic heterocycles. The summed E-state index contributed by atoms with van der Waals surface area (Å²) >= 11 is 13.5. The fourth-order valence-electron chi connectivity index (χ4n) is 1.79. The molecule has 1 N–H and O–H groups in total. The van der Waals surface area contributed by atoms with Crippen LogP contribution in [0.15, 0.2) is 30.3 Å². The van der Waals surface area contributed by atoms with E-state index in [2.05, 4.69) is 12.2 Å². The van der Waals surface area contributed by atoms with E-state index in [4.69, 9.17) is 27.9 Å². The van der Waals surface area contributed by atoms with Crippen LogP contribution in [0.3, 0.4) is 0 Å². The normalized spacial score (nSPS) is 12.2. The van der Waals surface area contributed by atoms with Crippen molar-refractivity contribution in [1.82, 2.24) is 0 Å². The highest BCUT2D eigenvalue weighted by Gasteiger charge is 2.13. The predicted molar refractivity (Wildman–Crippen MR) is 84.0 cm³/mol. The van der Waals surface area contributed by atoms with Gasteiger partial charge in [0.1, 0.15) is 5.75 Å². The monoisotopic (exact) mass is 315 g/mol. The van der Waals surface area contributed by atoms with Crippen molar-refractivity contribution in [2.24, 2.45) is 0 Å². The molecule has 102 valence electrons. The van der Waals surface area contributed by atoms with Gasteiger partial charge in [-0.15, -0.1) is 11.3 Å². The number of benzene rings is 1. The molecule has 0 aliphatic heterocycles. The third-order valence-electron chi connectivity index (χ3n) is 2.70. The van der Waals surface area contributed by atoms with Crippen LogP contribution >= 0.6 is 34.5 Å². The third kappa shape index (κ3) is 3.78. The Kier molecular flexibility index (Phi) is 4.97. The summed E-state index contributed by atoms with van der Waals surface area (Å²) < 4.78 is 6.85. The smallest absolute Gasteiger partial charge is 0.119 e. The first kappa shape index (κ1) is 14.5. The van der Waals surface area contributed by atoms with E-state index >= 15 is 0 Å². The largest absolute Gasteiger partial charge is 0.494 e. The molecule has 0 saturated carbocycles. The molecule has 2 aromatic rings. The molecule has 0 saturated heterocycles. The molecular formula is C14H15Cl2NOS. The minimum Gasteiger partial charge on any atom is -0.494 e.